The van der Waals surface area contributed by atoms with Crippen molar-refractivity contribution < 1.29 is 17.9 Å². The SMILES string of the molecule is Cc1cccnc1CNS(=O)(=O)c1c(C)oc(C)c1CO. The van der Waals surface area contributed by atoms with Crippen LogP contribution in [0.15, 0.2) is 27.6 Å². The van der Waals surface area contributed by atoms with Crippen molar-refractivity contribution in [1.82, 2.24) is 9.71 Å². The van der Waals surface area contributed by atoms with Gasteiger partial charge in [0.1, 0.15) is 16.4 Å². The van der Waals surface area contributed by atoms with E-state index in [0.29, 0.717) is 11.5 Å². The molecule has 0 radical (unpaired) electrons. The van der Waals surface area contributed by atoms with Gasteiger partial charge in [-0.05, 0) is 32.4 Å². The molecule has 0 aliphatic heterocycles. The molecule has 0 unspecified atom stereocenters. The van der Waals surface area contributed by atoms with Gasteiger partial charge in [0, 0.05) is 11.8 Å². The Bertz CT molecular complexity index is 750. The predicted octanol–water partition coefficient (Wildman–Crippen LogP) is 1.57. The van der Waals surface area contributed by atoms with Crippen LogP contribution in [0.1, 0.15) is 28.3 Å². The maximum absolute atomic E-state index is 12.4. The lowest BCUT2D eigenvalue weighted by Crippen LogP contribution is -2.25. The van der Waals surface area contributed by atoms with E-state index in [9.17, 15) is 13.5 Å². The van der Waals surface area contributed by atoms with Crippen LogP contribution in [0.4, 0.5) is 0 Å². The fraction of sp³-hybridized carbons (Fsp3) is 0.357. The topological polar surface area (TPSA) is 92.4 Å². The quantitative estimate of drug-likeness (QED) is 0.874. The molecular weight excluding hydrogens is 292 g/mol. The number of pyridine rings is 1. The molecule has 0 aromatic carbocycles. The number of hydrogen-bond acceptors (Lipinski definition) is 5. The average molecular weight is 310 g/mol. The van der Waals surface area contributed by atoms with Crippen LogP contribution in [0.2, 0.25) is 0 Å². The number of rotatable bonds is 5. The van der Waals surface area contributed by atoms with E-state index in [1.807, 2.05) is 13.0 Å². The molecular formula is C14H18N2O4S. The Morgan fingerprint density at radius 3 is 2.62 bits per heavy atom. The summed E-state index contributed by atoms with van der Waals surface area (Å²) in [5.74, 6) is 0.672. The second kappa shape index (κ2) is 5.97. The number of nitrogens with one attached hydrogen (secondary N) is 1. The Kier molecular flexibility index (Phi) is 4.46. The second-order valence-corrected chi connectivity index (χ2v) is 6.48. The number of aromatic nitrogens is 1. The van der Waals surface area contributed by atoms with Gasteiger partial charge in [-0.15, -0.1) is 0 Å². The molecule has 2 heterocycles. The lowest BCUT2D eigenvalue weighted by molar-refractivity contribution is 0.276. The summed E-state index contributed by atoms with van der Waals surface area (Å²) in [5.41, 5.74) is 1.85. The number of nitrogens with zero attached hydrogens (tertiary/aromatic N) is 1. The molecule has 0 atom stereocenters. The summed E-state index contributed by atoms with van der Waals surface area (Å²) >= 11 is 0. The van der Waals surface area contributed by atoms with E-state index in [4.69, 9.17) is 4.42 Å². The van der Waals surface area contributed by atoms with Gasteiger partial charge in [-0.1, -0.05) is 6.07 Å². The Hall–Kier alpha value is -1.70. The van der Waals surface area contributed by atoms with Crippen molar-refractivity contribution in [1.29, 1.82) is 0 Å². The minimum atomic E-state index is -3.77. The van der Waals surface area contributed by atoms with Crippen molar-refractivity contribution in [2.45, 2.75) is 38.8 Å². The van der Waals surface area contributed by atoms with Crippen LogP contribution >= 0.6 is 0 Å². The van der Waals surface area contributed by atoms with Crippen LogP contribution in [-0.2, 0) is 23.2 Å². The molecule has 0 saturated carbocycles. The minimum absolute atomic E-state index is 0.0103. The first-order valence-electron chi connectivity index (χ1n) is 6.46. The number of aliphatic hydroxyl groups is 1. The Morgan fingerprint density at radius 2 is 2.00 bits per heavy atom. The molecule has 0 aliphatic rings. The van der Waals surface area contributed by atoms with Gasteiger partial charge in [-0.25, -0.2) is 13.1 Å². The molecule has 0 aliphatic carbocycles. The van der Waals surface area contributed by atoms with E-state index < -0.39 is 10.0 Å². The molecule has 2 rings (SSSR count). The number of aliphatic hydroxyl groups excluding tert-OH is 1. The smallest absolute Gasteiger partial charge is 0.244 e. The van der Waals surface area contributed by atoms with Crippen LogP contribution < -0.4 is 4.72 Å². The third-order valence-corrected chi connectivity index (χ3v) is 4.90. The maximum atomic E-state index is 12.4. The van der Waals surface area contributed by atoms with E-state index in [0.717, 1.165) is 5.56 Å². The fourth-order valence-electron chi connectivity index (χ4n) is 2.18. The first-order valence-corrected chi connectivity index (χ1v) is 7.95. The largest absolute Gasteiger partial charge is 0.465 e. The molecule has 0 bridgehead atoms. The van der Waals surface area contributed by atoms with Crippen LogP contribution in [0.5, 0.6) is 0 Å². The maximum Gasteiger partial charge on any atom is 0.244 e. The van der Waals surface area contributed by atoms with Gasteiger partial charge in [-0.3, -0.25) is 4.98 Å². The molecule has 21 heavy (non-hydrogen) atoms. The van der Waals surface area contributed by atoms with Crippen molar-refractivity contribution in [3.05, 3.63) is 46.7 Å². The third kappa shape index (κ3) is 3.15. The van der Waals surface area contributed by atoms with Crippen LogP contribution in [0.25, 0.3) is 0 Å². The fourth-order valence-corrected chi connectivity index (χ4v) is 3.61. The van der Waals surface area contributed by atoms with E-state index in [1.165, 1.54) is 0 Å². The monoisotopic (exact) mass is 310 g/mol. The summed E-state index contributed by atoms with van der Waals surface area (Å²) in [6.45, 7) is 4.75. The molecule has 6 nitrogen and oxygen atoms in total. The zero-order chi connectivity index (χ0) is 15.6. The summed E-state index contributed by atoms with van der Waals surface area (Å²) in [4.78, 5) is 4.16. The average Bonchev–Trinajstić information content (AvgIpc) is 2.72. The highest BCUT2D eigenvalue weighted by Crippen LogP contribution is 2.26. The highest BCUT2D eigenvalue weighted by atomic mass is 32.2. The predicted molar refractivity (Wildman–Crippen MR) is 77.1 cm³/mol. The lowest BCUT2D eigenvalue weighted by atomic mass is 10.2. The van der Waals surface area contributed by atoms with E-state index >= 15 is 0 Å². The van der Waals surface area contributed by atoms with Gasteiger partial charge in [0.2, 0.25) is 10.0 Å². The summed E-state index contributed by atoms with van der Waals surface area (Å²) in [5, 5.41) is 9.34. The zero-order valence-electron chi connectivity index (χ0n) is 12.2. The van der Waals surface area contributed by atoms with Gasteiger partial charge in [0.25, 0.3) is 0 Å². The number of furan rings is 1. The summed E-state index contributed by atoms with van der Waals surface area (Å²) < 4.78 is 32.6. The zero-order valence-corrected chi connectivity index (χ0v) is 13.0. The number of aryl methyl sites for hydroxylation is 3. The van der Waals surface area contributed by atoms with E-state index in [-0.39, 0.29) is 29.4 Å². The highest BCUT2D eigenvalue weighted by Gasteiger charge is 2.26. The van der Waals surface area contributed by atoms with Gasteiger partial charge < -0.3 is 9.52 Å². The second-order valence-electron chi connectivity index (χ2n) is 4.77. The Labute approximate surface area is 123 Å². The summed E-state index contributed by atoms with van der Waals surface area (Å²) in [7, 11) is -3.77. The van der Waals surface area contributed by atoms with Crippen molar-refractivity contribution in [3.8, 4) is 0 Å². The number of sulfonamides is 1. The molecule has 2 aromatic heterocycles. The molecule has 7 heteroatoms. The van der Waals surface area contributed by atoms with E-state index in [2.05, 4.69) is 9.71 Å². The number of hydrogen-bond donors (Lipinski definition) is 2. The van der Waals surface area contributed by atoms with Gasteiger partial charge in [-0.2, -0.15) is 0 Å². The molecule has 0 spiro atoms. The minimum Gasteiger partial charge on any atom is -0.465 e. The normalized spacial score (nSPS) is 11.8. The molecule has 2 N–H and O–H groups in total. The first-order chi connectivity index (χ1) is 9.86. The van der Waals surface area contributed by atoms with Crippen LogP contribution in [-0.4, -0.2) is 18.5 Å². The summed E-state index contributed by atoms with van der Waals surface area (Å²) in [6, 6.07) is 3.66. The Morgan fingerprint density at radius 1 is 1.29 bits per heavy atom. The highest BCUT2D eigenvalue weighted by molar-refractivity contribution is 7.89. The van der Waals surface area contributed by atoms with Crippen molar-refractivity contribution in [2.24, 2.45) is 0 Å². The van der Waals surface area contributed by atoms with Crippen LogP contribution in [0.3, 0.4) is 0 Å². The molecule has 0 fully saturated rings. The van der Waals surface area contributed by atoms with E-state index in [1.54, 1.807) is 26.1 Å². The van der Waals surface area contributed by atoms with Gasteiger partial charge in [0.15, 0.2) is 0 Å². The van der Waals surface area contributed by atoms with Crippen molar-refractivity contribution in [3.63, 3.8) is 0 Å². The standard InChI is InChI=1S/C14H18N2O4S/c1-9-5-4-6-15-13(9)7-16-21(18,19)14-11(3)20-10(2)12(14)8-17/h4-6,16-17H,7-8H2,1-3H3. The molecule has 0 saturated heterocycles. The first kappa shape index (κ1) is 15.7. The molecule has 2 aromatic rings. The molecule has 114 valence electrons. The van der Waals surface area contributed by atoms with Gasteiger partial charge in [0.05, 0.1) is 18.8 Å². The van der Waals surface area contributed by atoms with Crippen LogP contribution in [0, 0.1) is 20.8 Å². The lowest BCUT2D eigenvalue weighted by Gasteiger charge is -2.08. The van der Waals surface area contributed by atoms with Gasteiger partial charge >= 0.3 is 0 Å². The molecule has 0 amide bonds. The third-order valence-electron chi connectivity index (χ3n) is 3.30. The van der Waals surface area contributed by atoms with Crippen molar-refractivity contribution in [2.75, 3.05) is 0 Å². The Balaban J connectivity index is 2.30. The van der Waals surface area contributed by atoms with Crippen molar-refractivity contribution >= 4 is 10.0 Å². The summed E-state index contributed by atoms with van der Waals surface area (Å²) in [6.07, 6.45) is 1.61.